The van der Waals surface area contributed by atoms with Crippen LogP contribution in [0.5, 0.6) is 5.75 Å². The predicted octanol–water partition coefficient (Wildman–Crippen LogP) is 1.80. The van der Waals surface area contributed by atoms with E-state index in [1.54, 1.807) is 12.1 Å². The standard InChI is InChI=1S/C15H19N3O3/c16-14(18-20)8-21-13-4-2-1-3-12(13)17-15(19)11-6-9-5-10(9)7-11/h1-4,9-11,20H,5-8H2,(H2,16,18)(H,17,19). The predicted molar refractivity (Wildman–Crippen MR) is 78.3 cm³/mol. The fraction of sp³-hybridized carbons (Fsp3) is 0.467. The number of amidine groups is 1. The molecular formula is C15H19N3O3. The van der Waals surface area contributed by atoms with Crippen LogP contribution >= 0.6 is 0 Å². The van der Waals surface area contributed by atoms with E-state index in [9.17, 15) is 4.79 Å². The van der Waals surface area contributed by atoms with E-state index in [1.807, 2.05) is 12.1 Å². The van der Waals surface area contributed by atoms with E-state index in [2.05, 4.69) is 10.5 Å². The summed E-state index contributed by atoms with van der Waals surface area (Å²) in [5.74, 6) is 2.21. The SMILES string of the molecule is N/C(COc1ccccc1NC(=O)C1CC2CC2C1)=N/O. The van der Waals surface area contributed by atoms with Crippen molar-refractivity contribution in [1.29, 1.82) is 0 Å². The molecule has 2 saturated carbocycles. The molecule has 1 amide bonds. The van der Waals surface area contributed by atoms with Gasteiger partial charge < -0.3 is 21.0 Å². The molecule has 2 fully saturated rings. The van der Waals surface area contributed by atoms with Gasteiger partial charge in [-0.1, -0.05) is 17.3 Å². The van der Waals surface area contributed by atoms with Gasteiger partial charge in [-0.15, -0.1) is 0 Å². The zero-order chi connectivity index (χ0) is 14.8. The molecular weight excluding hydrogens is 270 g/mol. The Hall–Kier alpha value is -2.24. The maximum Gasteiger partial charge on any atom is 0.227 e. The molecule has 0 saturated heterocycles. The van der Waals surface area contributed by atoms with Crippen molar-refractivity contribution in [2.45, 2.75) is 19.3 Å². The maximum atomic E-state index is 12.3. The summed E-state index contributed by atoms with van der Waals surface area (Å²) in [6.45, 7) is -0.0308. The van der Waals surface area contributed by atoms with Gasteiger partial charge in [-0.3, -0.25) is 4.79 Å². The highest BCUT2D eigenvalue weighted by Gasteiger charge is 2.48. The lowest BCUT2D eigenvalue weighted by atomic mass is 10.0. The Morgan fingerprint density at radius 1 is 1.33 bits per heavy atom. The fourth-order valence-corrected chi connectivity index (χ4v) is 3.04. The minimum atomic E-state index is -0.0308. The van der Waals surface area contributed by atoms with E-state index >= 15 is 0 Å². The van der Waals surface area contributed by atoms with E-state index in [0.717, 1.165) is 24.7 Å². The Morgan fingerprint density at radius 3 is 2.76 bits per heavy atom. The third kappa shape index (κ3) is 3.09. The third-order valence-electron chi connectivity index (χ3n) is 4.26. The Bertz CT molecular complexity index is 563. The number of ether oxygens (including phenoxy) is 1. The number of fused-ring (bicyclic) bond motifs is 1. The van der Waals surface area contributed by atoms with E-state index < -0.39 is 0 Å². The van der Waals surface area contributed by atoms with E-state index in [1.165, 1.54) is 6.42 Å². The van der Waals surface area contributed by atoms with Gasteiger partial charge in [0.2, 0.25) is 5.91 Å². The molecule has 1 aromatic carbocycles. The van der Waals surface area contributed by atoms with Crippen molar-refractivity contribution in [3.63, 3.8) is 0 Å². The molecule has 0 heterocycles. The quantitative estimate of drug-likeness (QED) is 0.333. The van der Waals surface area contributed by atoms with Crippen LogP contribution < -0.4 is 15.8 Å². The third-order valence-corrected chi connectivity index (χ3v) is 4.26. The molecule has 21 heavy (non-hydrogen) atoms. The highest BCUT2D eigenvalue weighted by Crippen LogP contribution is 2.54. The van der Waals surface area contributed by atoms with Gasteiger partial charge in [0.1, 0.15) is 12.4 Å². The lowest BCUT2D eigenvalue weighted by Gasteiger charge is -2.15. The Kier molecular flexibility index (Phi) is 3.68. The number of nitrogens with zero attached hydrogens (tertiary/aromatic N) is 1. The summed E-state index contributed by atoms with van der Waals surface area (Å²) in [6.07, 6.45) is 3.30. The molecule has 0 radical (unpaired) electrons. The first-order valence-corrected chi connectivity index (χ1v) is 7.16. The zero-order valence-electron chi connectivity index (χ0n) is 11.7. The fourth-order valence-electron chi connectivity index (χ4n) is 3.04. The summed E-state index contributed by atoms with van der Waals surface area (Å²) in [5.41, 5.74) is 6.00. The number of anilines is 1. The summed E-state index contributed by atoms with van der Waals surface area (Å²) < 4.78 is 5.45. The molecule has 112 valence electrons. The first-order valence-electron chi connectivity index (χ1n) is 7.16. The van der Waals surface area contributed by atoms with Crippen molar-refractivity contribution in [3.8, 4) is 5.75 Å². The Labute approximate surface area is 123 Å². The smallest absolute Gasteiger partial charge is 0.227 e. The number of hydrogen-bond donors (Lipinski definition) is 3. The van der Waals surface area contributed by atoms with E-state index in [-0.39, 0.29) is 24.3 Å². The van der Waals surface area contributed by atoms with Crippen molar-refractivity contribution in [2.75, 3.05) is 11.9 Å². The van der Waals surface area contributed by atoms with Gasteiger partial charge in [0.25, 0.3) is 0 Å². The minimum Gasteiger partial charge on any atom is -0.483 e. The molecule has 1 aromatic rings. The van der Waals surface area contributed by atoms with Gasteiger partial charge in [-0.2, -0.15) is 0 Å². The van der Waals surface area contributed by atoms with Crippen molar-refractivity contribution in [1.82, 2.24) is 0 Å². The number of carbonyl (C=O) groups is 1. The summed E-state index contributed by atoms with van der Waals surface area (Å²) >= 11 is 0. The number of oxime groups is 1. The van der Waals surface area contributed by atoms with Crippen LogP contribution in [-0.4, -0.2) is 23.6 Å². The number of nitrogens with one attached hydrogen (secondary N) is 1. The molecule has 2 aliphatic rings. The monoisotopic (exact) mass is 289 g/mol. The van der Waals surface area contributed by atoms with E-state index in [4.69, 9.17) is 15.7 Å². The van der Waals surface area contributed by atoms with Crippen LogP contribution in [0.3, 0.4) is 0 Å². The van der Waals surface area contributed by atoms with Crippen LogP contribution in [0.4, 0.5) is 5.69 Å². The number of para-hydroxylation sites is 2. The summed E-state index contributed by atoms with van der Waals surface area (Å²) in [4.78, 5) is 12.3. The van der Waals surface area contributed by atoms with Gasteiger partial charge in [0.15, 0.2) is 5.84 Å². The number of nitrogens with two attached hydrogens (primary N) is 1. The average molecular weight is 289 g/mol. The molecule has 0 bridgehead atoms. The van der Waals surface area contributed by atoms with Crippen LogP contribution in [0.2, 0.25) is 0 Å². The molecule has 6 heteroatoms. The summed E-state index contributed by atoms with van der Waals surface area (Å²) in [5, 5.41) is 14.3. The normalized spacial score (nSPS) is 27.0. The maximum absolute atomic E-state index is 12.3. The van der Waals surface area contributed by atoms with Crippen LogP contribution in [0.15, 0.2) is 29.4 Å². The highest BCUT2D eigenvalue weighted by molar-refractivity contribution is 5.94. The Balaban J connectivity index is 1.62. The van der Waals surface area contributed by atoms with Gasteiger partial charge >= 0.3 is 0 Å². The second-order valence-electron chi connectivity index (χ2n) is 5.79. The van der Waals surface area contributed by atoms with Crippen molar-refractivity contribution >= 4 is 17.4 Å². The number of rotatable bonds is 5. The largest absolute Gasteiger partial charge is 0.483 e. The summed E-state index contributed by atoms with van der Waals surface area (Å²) in [7, 11) is 0. The van der Waals surface area contributed by atoms with Gasteiger partial charge in [-0.05, 0) is 43.2 Å². The molecule has 2 aliphatic carbocycles. The van der Waals surface area contributed by atoms with Crippen molar-refractivity contribution in [2.24, 2.45) is 28.6 Å². The second kappa shape index (κ2) is 5.63. The van der Waals surface area contributed by atoms with Gasteiger partial charge in [0.05, 0.1) is 5.69 Å². The topological polar surface area (TPSA) is 96.9 Å². The molecule has 6 nitrogen and oxygen atoms in total. The molecule has 2 atom stereocenters. The number of carbonyl (C=O) groups excluding carboxylic acids is 1. The number of amides is 1. The zero-order valence-corrected chi connectivity index (χ0v) is 11.7. The molecule has 0 aliphatic heterocycles. The lowest BCUT2D eigenvalue weighted by Crippen LogP contribution is -2.23. The molecule has 3 rings (SSSR count). The van der Waals surface area contributed by atoms with Crippen LogP contribution in [0.25, 0.3) is 0 Å². The van der Waals surface area contributed by atoms with Crippen molar-refractivity contribution < 1.29 is 14.7 Å². The first-order chi connectivity index (χ1) is 10.2. The van der Waals surface area contributed by atoms with Crippen LogP contribution in [-0.2, 0) is 4.79 Å². The number of benzene rings is 1. The lowest BCUT2D eigenvalue weighted by molar-refractivity contribution is -0.120. The van der Waals surface area contributed by atoms with E-state index in [0.29, 0.717) is 11.4 Å². The number of hydrogen-bond acceptors (Lipinski definition) is 4. The summed E-state index contributed by atoms with van der Waals surface area (Å²) in [6, 6.07) is 7.17. The Morgan fingerprint density at radius 2 is 2.05 bits per heavy atom. The molecule has 0 aromatic heterocycles. The highest BCUT2D eigenvalue weighted by atomic mass is 16.5. The van der Waals surface area contributed by atoms with Crippen LogP contribution in [0, 0.1) is 17.8 Å². The van der Waals surface area contributed by atoms with Crippen molar-refractivity contribution in [3.05, 3.63) is 24.3 Å². The average Bonchev–Trinajstić information content (AvgIpc) is 3.11. The minimum absolute atomic E-state index is 0.0213. The first kappa shape index (κ1) is 13.7. The molecule has 0 spiro atoms. The molecule has 2 unspecified atom stereocenters. The van der Waals surface area contributed by atoms with Gasteiger partial charge in [-0.25, -0.2) is 0 Å². The van der Waals surface area contributed by atoms with Gasteiger partial charge in [0, 0.05) is 5.92 Å². The molecule has 4 N–H and O–H groups in total. The van der Waals surface area contributed by atoms with Crippen LogP contribution in [0.1, 0.15) is 19.3 Å². The second-order valence-corrected chi connectivity index (χ2v) is 5.79.